The summed E-state index contributed by atoms with van der Waals surface area (Å²) in [6.07, 6.45) is 1.93. The van der Waals surface area contributed by atoms with E-state index in [2.05, 4.69) is 20.9 Å². The van der Waals surface area contributed by atoms with Crippen LogP contribution in [-0.4, -0.2) is 23.3 Å². The fraction of sp³-hybridized carbons (Fsp3) is 0.136. The number of hydrogen-bond donors (Lipinski definition) is 3. The van der Waals surface area contributed by atoms with Crippen LogP contribution in [0.3, 0.4) is 0 Å². The van der Waals surface area contributed by atoms with Crippen molar-refractivity contribution in [3.63, 3.8) is 0 Å². The van der Waals surface area contributed by atoms with E-state index in [0.29, 0.717) is 29.9 Å². The Balaban J connectivity index is 1.61. The second-order valence-corrected chi connectivity index (χ2v) is 6.41. The van der Waals surface area contributed by atoms with E-state index in [0.717, 1.165) is 5.69 Å². The Morgan fingerprint density at radius 1 is 0.966 bits per heavy atom. The molecule has 7 heteroatoms. The van der Waals surface area contributed by atoms with Gasteiger partial charge in [0, 0.05) is 36.7 Å². The molecule has 3 N–H and O–H groups in total. The van der Waals surface area contributed by atoms with E-state index in [9.17, 15) is 14.0 Å². The number of hydrogen-bond acceptors (Lipinski definition) is 4. The summed E-state index contributed by atoms with van der Waals surface area (Å²) in [6, 6.07) is 17.1. The highest BCUT2D eigenvalue weighted by atomic mass is 19.1. The lowest BCUT2D eigenvalue weighted by Crippen LogP contribution is -2.26. The lowest BCUT2D eigenvalue weighted by Gasteiger charge is -2.10. The molecule has 0 fully saturated rings. The summed E-state index contributed by atoms with van der Waals surface area (Å²) in [7, 11) is 0. The molecule has 2 amide bonds. The molecule has 1 aromatic heterocycles. The molecule has 0 saturated heterocycles. The Morgan fingerprint density at radius 3 is 2.52 bits per heavy atom. The second kappa shape index (κ2) is 9.45. The predicted octanol–water partition coefficient (Wildman–Crippen LogP) is 3.90. The van der Waals surface area contributed by atoms with Crippen molar-refractivity contribution in [3.05, 3.63) is 83.9 Å². The third-order valence-electron chi connectivity index (χ3n) is 4.10. The van der Waals surface area contributed by atoms with Crippen molar-refractivity contribution in [2.75, 3.05) is 17.2 Å². The molecule has 6 nitrogen and oxygen atoms in total. The van der Waals surface area contributed by atoms with Crippen molar-refractivity contribution in [1.29, 1.82) is 0 Å². The monoisotopic (exact) mass is 392 g/mol. The largest absolute Gasteiger partial charge is 0.355 e. The number of halogens is 1. The number of nitrogens with one attached hydrogen (secondary N) is 3. The summed E-state index contributed by atoms with van der Waals surface area (Å²) in [4.78, 5) is 27.6. The number of benzene rings is 2. The average Bonchev–Trinajstić information content (AvgIpc) is 2.69. The van der Waals surface area contributed by atoms with Crippen LogP contribution in [0.1, 0.15) is 23.0 Å². The van der Waals surface area contributed by atoms with Gasteiger partial charge in [0.05, 0.1) is 0 Å². The van der Waals surface area contributed by atoms with Crippen molar-refractivity contribution in [1.82, 2.24) is 10.3 Å². The number of aromatic nitrogens is 1. The quantitative estimate of drug-likeness (QED) is 0.570. The van der Waals surface area contributed by atoms with Crippen molar-refractivity contribution in [2.24, 2.45) is 0 Å². The summed E-state index contributed by atoms with van der Waals surface area (Å²) in [5.41, 5.74) is 2.91. The van der Waals surface area contributed by atoms with Gasteiger partial charge >= 0.3 is 0 Å². The van der Waals surface area contributed by atoms with E-state index in [4.69, 9.17) is 0 Å². The minimum absolute atomic E-state index is 0.152. The number of carbonyl (C=O) groups is 2. The molecule has 0 aliphatic rings. The van der Waals surface area contributed by atoms with Crippen molar-refractivity contribution < 1.29 is 14.0 Å². The van der Waals surface area contributed by atoms with E-state index in [1.54, 1.807) is 42.5 Å². The fourth-order valence-corrected chi connectivity index (χ4v) is 2.78. The Hall–Kier alpha value is -3.74. The van der Waals surface area contributed by atoms with Crippen LogP contribution in [0, 0.1) is 5.82 Å². The van der Waals surface area contributed by atoms with E-state index >= 15 is 0 Å². The molecule has 0 aliphatic carbocycles. The molecule has 0 unspecified atom stereocenters. The van der Waals surface area contributed by atoms with Crippen LogP contribution in [0.25, 0.3) is 0 Å². The van der Waals surface area contributed by atoms with Gasteiger partial charge in [-0.3, -0.25) is 14.6 Å². The first-order valence-electron chi connectivity index (χ1n) is 9.13. The van der Waals surface area contributed by atoms with Crippen molar-refractivity contribution in [2.45, 2.75) is 13.3 Å². The van der Waals surface area contributed by atoms with Gasteiger partial charge in [-0.05, 0) is 48.4 Å². The Labute approximate surface area is 168 Å². The summed E-state index contributed by atoms with van der Waals surface area (Å²) in [6.45, 7) is 1.75. The van der Waals surface area contributed by atoms with Crippen LogP contribution in [0.5, 0.6) is 0 Å². The number of carbonyl (C=O) groups excluding carboxylic acids is 2. The van der Waals surface area contributed by atoms with Gasteiger partial charge in [0.2, 0.25) is 5.91 Å². The first-order chi connectivity index (χ1) is 14.0. The maximum atomic E-state index is 13.6. The molecule has 0 spiro atoms. The molecular weight excluding hydrogens is 371 g/mol. The highest BCUT2D eigenvalue weighted by Gasteiger charge is 2.09. The average molecular weight is 392 g/mol. The molecule has 29 heavy (non-hydrogen) atoms. The minimum atomic E-state index is -0.336. The number of nitrogens with zero attached hydrogens (tertiary/aromatic N) is 1. The maximum absolute atomic E-state index is 13.6. The zero-order valence-electron chi connectivity index (χ0n) is 15.9. The SMILES string of the molecule is CC(=O)Nc1cccc(Nc2ccnc(C(=O)NCCc3ccccc3F)c2)c1. The lowest BCUT2D eigenvalue weighted by atomic mass is 10.1. The van der Waals surface area contributed by atoms with Crippen LogP contribution in [0.4, 0.5) is 21.5 Å². The highest BCUT2D eigenvalue weighted by Crippen LogP contribution is 2.20. The number of rotatable bonds is 7. The van der Waals surface area contributed by atoms with Gasteiger partial charge in [0.15, 0.2) is 0 Å². The molecule has 2 aromatic carbocycles. The van der Waals surface area contributed by atoms with E-state index in [1.807, 2.05) is 12.1 Å². The third-order valence-corrected chi connectivity index (χ3v) is 4.10. The van der Waals surface area contributed by atoms with Gasteiger partial charge in [-0.1, -0.05) is 24.3 Å². The molecule has 3 aromatic rings. The third kappa shape index (κ3) is 5.87. The molecule has 0 aliphatic heterocycles. The first-order valence-corrected chi connectivity index (χ1v) is 9.13. The zero-order chi connectivity index (χ0) is 20.6. The fourth-order valence-electron chi connectivity index (χ4n) is 2.78. The van der Waals surface area contributed by atoms with E-state index in [1.165, 1.54) is 19.2 Å². The number of pyridine rings is 1. The van der Waals surface area contributed by atoms with Crippen LogP contribution < -0.4 is 16.0 Å². The molecular formula is C22H21FN4O2. The zero-order valence-corrected chi connectivity index (χ0v) is 15.9. The van der Waals surface area contributed by atoms with E-state index in [-0.39, 0.29) is 23.3 Å². The number of anilines is 3. The van der Waals surface area contributed by atoms with Gasteiger partial charge in [-0.2, -0.15) is 0 Å². The molecule has 148 valence electrons. The van der Waals surface area contributed by atoms with Gasteiger partial charge in [0.25, 0.3) is 5.91 Å². The summed E-state index contributed by atoms with van der Waals surface area (Å²) >= 11 is 0. The molecule has 0 radical (unpaired) electrons. The standard InChI is InChI=1S/C22H21FN4O2/c1-15(28)26-17-6-4-7-18(13-17)27-19-10-12-24-21(14-19)22(29)25-11-9-16-5-2-3-8-20(16)23/h2-8,10,12-14H,9,11H2,1H3,(H,24,27)(H,25,29)(H,26,28). The van der Waals surface area contributed by atoms with Crippen LogP contribution >= 0.6 is 0 Å². The molecule has 0 atom stereocenters. The summed E-state index contributed by atoms with van der Waals surface area (Å²) in [5.74, 6) is -0.773. The first kappa shape index (κ1) is 20.0. The van der Waals surface area contributed by atoms with Crippen molar-refractivity contribution >= 4 is 28.9 Å². The van der Waals surface area contributed by atoms with E-state index < -0.39 is 0 Å². The van der Waals surface area contributed by atoms with Gasteiger partial charge in [-0.25, -0.2) is 4.39 Å². The molecule has 3 rings (SSSR count). The lowest BCUT2D eigenvalue weighted by molar-refractivity contribution is -0.114. The topological polar surface area (TPSA) is 83.1 Å². The Bertz CT molecular complexity index is 1020. The molecule has 1 heterocycles. The van der Waals surface area contributed by atoms with Crippen molar-refractivity contribution in [3.8, 4) is 0 Å². The van der Waals surface area contributed by atoms with Gasteiger partial charge in [0.1, 0.15) is 11.5 Å². The van der Waals surface area contributed by atoms with Crippen LogP contribution in [0.15, 0.2) is 66.9 Å². The Kier molecular flexibility index (Phi) is 6.52. The second-order valence-electron chi connectivity index (χ2n) is 6.41. The summed E-state index contributed by atoms with van der Waals surface area (Å²) < 4.78 is 13.6. The van der Waals surface area contributed by atoms with Gasteiger partial charge < -0.3 is 16.0 Å². The van der Waals surface area contributed by atoms with Gasteiger partial charge in [-0.15, -0.1) is 0 Å². The Morgan fingerprint density at radius 2 is 1.72 bits per heavy atom. The molecule has 0 saturated carbocycles. The minimum Gasteiger partial charge on any atom is -0.355 e. The number of amides is 2. The smallest absolute Gasteiger partial charge is 0.269 e. The van der Waals surface area contributed by atoms with Crippen LogP contribution in [0.2, 0.25) is 0 Å². The maximum Gasteiger partial charge on any atom is 0.269 e. The highest BCUT2D eigenvalue weighted by molar-refractivity contribution is 5.93. The molecule has 0 bridgehead atoms. The normalized spacial score (nSPS) is 10.3. The predicted molar refractivity (Wildman–Crippen MR) is 111 cm³/mol. The van der Waals surface area contributed by atoms with Crippen LogP contribution in [-0.2, 0) is 11.2 Å². The summed E-state index contributed by atoms with van der Waals surface area (Å²) in [5, 5.41) is 8.65.